The molecule has 1 fully saturated rings. The van der Waals surface area contributed by atoms with E-state index in [1.165, 1.54) is 0 Å². The molecule has 1 aromatic heterocycles. The van der Waals surface area contributed by atoms with Gasteiger partial charge in [0.05, 0.1) is 0 Å². The van der Waals surface area contributed by atoms with Gasteiger partial charge in [0.15, 0.2) is 5.82 Å². The van der Waals surface area contributed by atoms with Crippen LogP contribution < -0.4 is 5.32 Å². The third-order valence-corrected chi connectivity index (χ3v) is 4.28. The number of hydrogen-bond acceptors (Lipinski definition) is 5. The van der Waals surface area contributed by atoms with Gasteiger partial charge in [-0.3, -0.25) is 4.79 Å². The molecule has 1 saturated carbocycles. The summed E-state index contributed by atoms with van der Waals surface area (Å²) in [6.07, 6.45) is 6.02. The molecule has 124 valence electrons. The summed E-state index contributed by atoms with van der Waals surface area (Å²) < 4.78 is 5.17. The Morgan fingerprint density at radius 1 is 1.41 bits per heavy atom. The predicted octanol–water partition coefficient (Wildman–Crippen LogP) is 2.18. The summed E-state index contributed by atoms with van der Waals surface area (Å²) >= 11 is 0. The molecular weight excluding hydrogens is 282 g/mol. The molecule has 2 N–H and O–H groups in total. The second kappa shape index (κ2) is 8.27. The molecule has 2 atom stereocenters. The lowest BCUT2D eigenvalue weighted by Crippen LogP contribution is -2.43. The van der Waals surface area contributed by atoms with Crippen molar-refractivity contribution >= 4 is 5.91 Å². The van der Waals surface area contributed by atoms with Crippen LogP contribution in [-0.4, -0.2) is 33.8 Å². The number of aliphatic hydroxyl groups is 1. The zero-order chi connectivity index (χ0) is 15.9. The van der Waals surface area contributed by atoms with Crippen molar-refractivity contribution < 1.29 is 14.4 Å². The second-order valence-corrected chi connectivity index (χ2v) is 6.46. The summed E-state index contributed by atoms with van der Waals surface area (Å²) in [5.41, 5.74) is 0. The minimum atomic E-state index is 0.0500. The number of carbonyl (C=O) groups excluding carboxylic acids is 1. The number of amides is 1. The standard InChI is InChI=1S/C16H27N3O3/c1-11(2)16-18-15(22-19-16)9-5-8-14(21)17-13-7-4-3-6-12(13)10-20/h11-13,20H,3-10H2,1-2H3,(H,17,21). The Morgan fingerprint density at radius 2 is 2.18 bits per heavy atom. The van der Waals surface area contributed by atoms with Crippen molar-refractivity contribution in [1.29, 1.82) is 0 Å². The van der Waals surface area contributed by atoms with Crippen LogP contribution in [0.15, 0.2) is 4.52 Å². The Balaban J connectivity index is 1.70. The predicted molar refractivity (Wildman–Crippen MR) is 82.3 cm³/mol. The molecule has 6 nitrogen and oxygen atoms in total. The van der Waals surface area contributed by atoms with Crippen molar-refractivity contribution in [1.82, 2.24) is 15.5 Å². The summed E-state index contributed by atoms with van der Waals surface area (Å²) in [6.45, 7) is 4.19. The molecule has 22 heavy (non-hydrogen) atoms. The number of carbonyl (C=O) groups is 1. The SMILES string of the molecule is CC(C)c1noc(CCCC(=O)NC2CCCCC2CO)n1. The van der Waals surface area contributed by atoms with E-state index in [-0.39, 0.29) is 30.4 Å². The minimum absolute atomic E-state index is 0.0500. The maximum absolute atomic E-state index is 12.0. The van der Waals surface area contributed by atoms with Gasteiger partial charge in [-0.25, -0.2) is 0 Å². The lowest BCUT2D eigenvalue weighted by Gasteiger charge is -2.30. The molecule has 1 aliphatic carbocycles. The van der Waals surface area contributed by atoms with Crippen molar-refractivity contribution in [3.63, 3.8) is 0 Å². The molecule has 1 heterocycles. The monoisotopic (exact) mass is 309 g/mol. The number of aryl methyl sites for hydroxylation is 1. The Morgan fingerprint density at radius 3 is 2.86 bits per heavy atom. The molecule has 6 heteroatoms. The average molecular weight is 309 g/mol. The smallest absolute Gasteiger partial charge is 0.226 e. The first-order chi connectivity index (χ1) is 10.6. The Labute approximate surface area is 131 Å². The Kier molecular flexibility index (Phi) is 6.36. The van der Waals surface area contributed by atoms with Gasteiger partial charge in [-0.15, -0.1) is 0 Å². The Bertz CT molecular complexity index is 473. The largest absolute Gasteiger partial charge is 0.396 e. The number of aliphatic hydroxyl groups excluding tert-OH is 1. The molecule has 2 rings (SSSR count). The van der Waals surface area contributed by atoms with E-state index in [4.69, 9.17) is 4.52 Å². The van der Waals surface area contributed by atoms with Gasteiger partial charge in [0.25, 0.3) is 0 Å². The van der Waals surface area contributed by atoms with Gasteiger partial charge < -0.3 is 14.9 Å². The van der Waals surface area contributed by atoms with Crippen LogP contribution in [0.25, 0.3) is 0 Å². The van der Waals surface area contributed by atoms with Gasteiger partial charge >= 0.3 is 0 Å². The number of aromatic nitrogens is 2. The van der Waals surface area contributed by atoms with Crippen LogP contribution in [-0.2, 0) is 11.2 Å². The molecule has 1 aromatic rings. The summed E-state index contributed by atoms with van der Waals surface area (Å²) in [5, 5.41) is 16.3. The lowest BCUT2D eigenvalue weighted by molar-refractivity contribution is -0.122. The zero-order valence-corrected chi connectivity index (χ0v) is 13.5. The van der Waals surface area contributed by atoms with E-state index >= 15 is 0 Å². The van der Waals surface area contributed by atoms with Gasteiger partial charge in [0, 0.05) is 37.3 Å². The molecular formula is C16H27N3O3. The van der Waals surface area contributed by atoms with E-state index < -0.39 is 0 Å². The third-order valence-electron chi connectivity index (χ3n) is 4.28. The fourth-order valence-electron chi connectivity index (χ4n) is 2.90. The average Bonchev–Trinajstić information content (AvgIpc) is 2.97. The fraction of sp³-hybridized carbons (Fsp3) is 0.812. The van der Waals surface area contributed by atoms with Gasteiger partial charge in [0.1, 0.15) is 0 Å². The molecule has 2 unspecified atom stereocenters. The molecule has 1 aliphatic rings. The van der Waals surface area contributed by atoms with E-state index in [2.05, 4.69) is 15.5 Å². The minimum Gasteiger partial charge on any atom is -0.396 e. The summed E-state index contributed by atoms with van der Waals surface area (Å²) in [6, 6.07) is 0.127. The molecule has 0 bridgehead atoms. The van der Waals surface area contributed by atoms with Crippen molar-refractivity contribution in [2.24, 2.45) is 5.92 Å². The first-order valence-corrected chi connectivity index (χ1v) is 8.33. The van der Waals surface area contributed by atoms with Crippen molar-refractivity contribution in [2.75, 3.05) is 6.61 Å². The summed E-state index contributed by atoms with van der Waals surface area (Å²) in [7, 11) is 0. The normalized spacial score (nSPS) is 22.0. The Hall–Kier alpha value is -1.43. The fourth-order valence-corrected chi connectivity index (χ4v) is 2.90. The van der Waals surface area contributed by atoms with Crippen molar-refractivity contribution in [3.8, 4) is 0 Å². The van der Waals surface area contributed by atoms with E-state index in [1.54, 1.807) is 0 Å². The molecule has 0 radical (unpaired) electrons. The van der Waals surface area contributed by atoms with Crippen LogP contribution in [0.1, 0.15) is 70.0 Å². The van der Waals surface area contributed by atoms with E-state index in [9.17, 15) is 9.90 Å². The zero-order valence-electron chi connectivity index (χ0n) is 13.5. The lowest BCUT2D eigenvalue weighted by atomic mass is 9.85. The van der Waals surface area contributed by atoms with Crippen LogP contribution in [0.5, 0.6) is 0 Å². The van der Waals surface area contributed by atoms with Crippen LogP contribution in [0, 0.1) is 5.92 Å². The number of hydrogen-bond donors (Lipinski definition) is 2. The maximum Gasteiger partial charge on any atom is 0.226 e. The van der Waals surface area contributed by atoms with Gasteiger partial charge in [-0.2, -0.15) is 4.98 Å². The van der Waals surface area contributed by atoms with Crippen LogP contribution >= 0.6 is 0 Å². The molecule has 0 aliphatic heterocycles. The van der Waals surface area contributed by atoms with Crippen LogP contribution in [0.4, 0.5) is 0 Å². The molecule has 1 amide bonds. The van der Waals surface area contributed by atoms with E-state index in [1.807, 2.05) is 13.8 Å². The van der Waals surface area contributed by atoms with E-state index in [0.717, 1.165) is 25.7 Å². The van der Waals surface area contributed by atoms with E-state index in [0.29, 0.717) is 31.0 Å². The van der Waals surface area contributed by atoms with Gasteiger partial charge in [0.2, 0.25) is 11.8 Å². The van der Waals surface area contributed by atoms with Crippen molar-refractivity contribution in [3.05, 3.63) is 11.7 Å². The van der Waals surface area contributed by atoms with Crippen LogP contribution in [0.2, 0.25) is 0 Å². The molecule has 0 aromatic carbocycles. The third kappa shape index (κ3) is 4.80. The quantitative estimate of drug-likeness (QED) is 0.806. The number of nitrogens with one attached hydrogen (secondary N) is 1. The topological polar surface area (TPSA) is 88.2 Å². The summed E-state index contributed by atoms with van der Waals surface area (Å²) in [4.78, 5) is 16.3. The maximum atomic E-state index is 12.0. The summed E-state index contributed by atoms with van der Waals surface area (Å²) in [5.74, 6) is 1.83. The number of rotatable bonds is 7. The first-order valence-electron chi connectivity index (χ1n) is 8.33. The number of nitrogens with zero attached hydrogens (tertiary/aromatic N) is 2. The highest BCUT2D eigenvalue weighted by Gasteiger charge is 2.25. The molecule has 0 spiro atoms. The second-order valence-electron chi connectivity index (χ2n) is 6.46. The first kappa shape index (κ1) is 16.9. The highest BCUT2D eigenvalue weighted by atomic mass is 16.5. The highest BCUT2D eigenvalue weighted by Crippen LogP contribution is 2.24. The highest BCUT2D eigenvalue weighted by molar-refractivity contribution is 5.76. The molecule has 0 saturated heterocycles. The van der Waals surface area contributed by atoms with Gasteiger partial charge in [-0.05, 0) is 19.3 Å². The van der Waals surface area contributed by atoms with Crippen LogP contribution in [0.3, 0.4) is 0 Å². The van der Waals surface area contributed by atoms with Crippen molar-refractivity contribution in [2.45, 2.75) is 70.8 Å². The van der Waals surface area contributed by atoms with Gasteiger partial charge in [-0.1, -0.05) is 31.8 Å².